The van der Waals surface area contributed by atoms with Gasteiger partial charge in [0.25, 0.3) is 0 Å². The summed E-state index contributed by atoms with van der Waals surface area (Å²) in [5.41, 5.74) is 1.98. The fourth-order valence-electron chi connectivity index (χ4n) is 1.95. The smallest absolute Gasteiger partial charge is 0.140 e. The molecule has 0 saturated carbocycles. The van der Waals surface area contributed by atoms with Gasteiger partial charge < -0.3 is 9.52 Å². The Balaban J connectivity index is 2.01. The highest BCUT2D eigenvalue weighted by Crippen LogP contribution is 2.30. The van der Waals surface area contributed by atoms with Crippen molar-refractivity contribution in [2.45, 2.75) is 6.10 Å². The second kappa shape index (κ2) is 4.70. The van der Waals surface area contributed by atoms with Crippen LogP contribution in [0.4, 0.5) is 4.39 Å². The Labute approximate surface area is 108 Å². The molecule has 2 N–H and O–H groups in total. The summed E-state index contributed by atoms with van der Waals surface area (Å²) in [7, 11) is 0. The van der Waals surface area contributed by atoms with Crippen molar-refractivity contribution >= 4 is 0 Å². The molecule has 0 bridgehead atoms. The van der Waals surface area contributed by atoms with Gasteiger partial charge in [-0.05, 0) is 36.4 Å². The SMILES string of the molecule is OC(c1ccco1)c1cn[nH]c1-c1ccc(F)cc1. The van der Waals surface area contributed by atoms with E-state index in [1.807, 2.05) is 0 Å². The standard InChI is InChI=1S/C14H11FN2O2/c15-10-5-3-9(4-6-10)13-11(8-16-17-13)14(18)12-2-1-7-19-12/h1-8,14,18H,(H,16,17). The van der Waals surface area contributed by atoms with E-state index in [4.69, 9.17) is 4.42 Å². The Morgan fingerprint density at radius 2 is 2.00 bits per heavy atom. The number of rotatable bonds is 3. The maximum atomic E-state index is 12.9. The predicted molar refractivity (Wildman–Crippen MR) is 66.8 cm³/mol. The van der Waals surface area contributed by atoms with Gasteiger partial charge in [-0.1, -0.05) is 0 Å². The van der Waals surface area contributed by atoms with Crippen LogP contribution in [-0.4, -0.2) is 15.3 Å². The predicted octanol–water partition coefficient (Wildman–Crippen LogP) is 2.89. The van der Waals surface area contributed by atoms with Crippen LogP contribution < -0.4 is 0 Å². The number of hydrogen-bond acceptors (Lipinski definition) is 3. The summed E-state index contributed by atoms with van der Waals surface area (Å²) in [6.45, 7) is 0. The lowest BCUT2D eigenvalue weighted by Crippen LogP contribution is -1.98. The second-order valence-electron chi connectivity index (χ2n) is 4.13. The van der Waals surface area contributed by atoms with Gasteiger partial charge in [0, 0.05) is 11.1 Å². The van der Waals surface area contributed by atoms with E-state index >= 15 is 0 Å². The lowest BCUT2D eigenvalue weighted by atomic mass is 10.0. The molecule has 0 aliphatic carbocycles. The van der Waals surface area contributed by atoms with Crippen molar-refractivity contribution in [1.82, 2.24) is 10.2 Å². The molecule has 2 heterocycles. The quantitative estimate of drug-likeness (QED) is 0.759. The largest absolute Gasteiger partial charge is 0.466 e. The summed E-state index contributed by atoms with van der Waals surface area (Å²) in [4.78, 5) is 0. The molecule has 0 saturated heterocycles. The van der Waals surface area contributed by atoms with Crippen molar-refractivity contribution in [1.29, 1.82) is 0 Å². The minimum Gasteiger partial charge on any atom is -0.466 e. The number of aliphatic hydroxyl groups is 1. The van der Waals surface area contributed by atoms with Crippen LogP contribution in [0.15, 0.2) is 53.3 Å². The molecule has 0 fully saturated rings. The van der Waals surface area contributed by atoms with Crippen LogP contribution in [0, 0.1) is 5.82 Å². The number of H-pyrrole nitrogens is 1. The van der Waals surface area contributed by atoms with Crippen molar-refractivity contribution < 1.29 is 13.9 Å². The Morgan fingerprint density at radius 1 is 1.21 bits per heavy atom. The zero-order chi connectivity index (χ0) is 13.2. The lowest BCUT2D eigenvalue weighted by molar-refractivity contribution is 0.190. The molecule has 5 heteroatoms. The van der Waals surface area contributed by atoms with Crippen LogP contribution in [0.2, 0.25) is 0 Å². The summed E-state index contributed by atoms with van der Waals surface area (Å²) >= 11 is 0. The van der Waals surface area contributed by atoms with Crippen LogP contribution in [-0.2, 0) is 0 Å². The van der Waals surface area contributed by atoms with E-state index < -0.39 is 6.10 Å². The molecule has 1 unspecified atom stereocenters. The fraction of sp³-hybridized carbons (Fsp3) is 0.0714. The van der Waals surface area contributed by atoms with Crippen molar-refractivity contribution in [3.05, 3.63) is 66.0 Å². The van der Waals surface area contributed by atoms with Gasteiger partial charge in [0.1, 0.15) is 17.7 Å². The first-order chi connectivity index (χ1) is 9.25. The maximum absolute atomic E-state index is 12.9. The molecule has 0 aliphatic rings. The fourth-order valence-corrected chi connectivity index (χ4v) is 1.95. The highest BCUT2D eigenvalue weighted by atomic mass is 19.1. The summed E-state index contributed by atoms with van der Waals surface area (Å²) < 4.78 is 18.1. The molecule has 3 rings (SSSR count). The Hall–Kier alpha value is -2.40. The van der Waals surface area contributed by atoms with Crippen molar-refractivity contribution in [3.8, 4) is 11.3 Å². The zero-order valence-electron chi connectivity index (χ0n) is 9.88. The topological polar surface area (TPSA) is 62.1 Å². The molecule has 0 spiro atoms. The van der Waals surface area contributed by atoms with E-state index in [-0.39, 0.29) is 5.82 Å². The number of halogens is 1. The summed E-state index contributed by atoms with van der Waals surface area (Å²) in [5.74, 6) is 0.126. The van der Waals surface area contributed by atoms with E-state index in [9.17, 15) is 9.50 Å². The number of furan rings is 1. The Kier molecular flexibility index (Phi) is 2.89. The van der Waals surface area contributed by atoms with Gasteiger partial charge in [0.05, 0.1) is 18.2 Å². The van der Waals surface area contributed by atoms with Gasteiger partial charge in [-0.3, -0.25) is 5.10 Å². The summed E-state index contributed by atoms with van der Waals surface area (Å²) in [6.07, 6.45) is 2.12. The molecule has 0 aliphatic heterocycles. The molecule has 0 radical (unpaired) electrons. The minimum atomic E-state index is -0.909. The molecule has 19 heavy (non-hydrogen) atoms. The van der Waals surface area contributed by atoms with E-state index in [0.29, 0.717) is 17.0 Å². The van der Waals surface area contributed by atoms with E-state index in [1.165, 1.54) is 24.6 Å². The number of aliphatic hydroxyl groups excluding tert-OH is 1. The first-order valence-electron chi connectivity index (χ1n) is 5.76. The van der Waals surface area contributed by atoms with Crippen LogP contribution in [0.3, 0.4) is 0 Å². The van der Waals surface area contributed by atoms with Gasteiger partial charge >= 0.3 is 0 Å². The monoisotopic (exact) mass is 258 g/mol. The molecule has 2 aromatic heterocycles. The molecule has 96 valence electrons. The van der Waals surface area contributed by atoms with Crippen LogP contribution >= 0.6 is 0 Å². The first kappa shape index (κ1) is 11.7. The normalized spacial score (nSPS) is 12.5. The number of aromatic amines is 1. The Bertz CT molecular complexity index is 659. The molecule has 3 aromatic rings. The van der Waals surface area contributed by atoms with Gasteiger partial charge in [-0.25, -0.2) is 4.39 Å². The average molecular weight is 258 g/mol. The number of benzene rings is 1. The number of aromatic nitrogens is 2. The molecular formula is C14H11FN2O2. The van der Waals surface area contributed by atoms with Gasteiger partial charge in [-0.2, -0.15) is 5.10 Å². The number of nitrogens with zero attached hydrogens (tertiary/aromatic N) is 1. The third kappa shape index (κ3) is 2.15. The molecule has 4 nitrogen and oxygen atoms in total. The maximum Gasteiger partial charge on any atom is 0.140 e. The van der Waals surface area contributed by atoms with E-state index in [0.717, 1.165) is 5.56 Å². The molecular weight excluding hydrogens is 247 g/mol. The third-order valence-corrected chi connectivity index (χ3v) is 2.91. The molecule has 1 aromatic carbocycles. The van der Waals surface area contributed by atoms with Gasteiger partial charge in [0.2, 0.25) is 0 Å². The average Bonchev–Trinajstić information content (AvgIpc) is 3.10. The third-order valence-electron chi connectivity index (χ3n) is 2.91. The Morgan fingerprint density at radius 3 is 2.68 bits per heavy atom. The first-order valence-corrected chi connectivity index (χ1v) is 5.76. The summed E-state index contributed by atoms with van der Waals surface area (Å²) in [6, 6.07) is 9.36. The van der Waals surface area contributed by atoms with Crippen LogP contribution in [0.25, 0.3) is 11.3 Å². The van der Waals surface area contributed by atoms with Crippen LogP contribution in [0.5, 0.6) is 0 Å². The number of nitrogens with one attached hydrogen (secondary N) is 1. The van der Waals surface area contributed by atoms with Gasteiger partial charge in [-0.15, -0.1) is 0 Å². The van der Waals surface area contributed by atoms with E-state index in [2.05, 4.69) is 10.2 Å². The highest BCUT2D eigenvalue weighted by molar-refractivity contribution is 5.63. The second-order valence-corrected chi connectivity index (χ2v) is 4.13. The van der Waals surface area contributed by atoms with Crippen molar-refractivity contribution in [3.63, 3.8) is 0 Å². The lowest BCUT2D eigenvalue weighted by Gasteiger charge is -2.08. The highest BCUT2D eigenvalue weighted by Gasteiger charge is 2.19. The minimum absolute atomic E-state index is 0.309. The molecule has 0 amide bonds. The van der Waals surface area contributed by atoms with Crippen molar-refractivity contribution in [2.24, 2.45) is 0 Å². The molecule has 1 atom stereocenters. The van der Waals surface area contributed by atoms with Crippen LogP contribution in [0.1, 0.15) is 17.4 Å². The summed E-state index contributed by atoms with van der Waals surface area (Å²) in [5, 5.41) is 17.0. The van der Waals surface area contributed by atoms with Crippen molar-refractivity contribution in [2.75, 3.05) is 0 Å². The van der Waals surface area contributed by atoms with E-state index in [1.54, 1.807) is 24.3 Å². The van der Waals surface area contributed by atoms with Gasteiger partial charge in [0.15, 0.2) is 0 Å². The number of hydrogen-bond donors (Lipinski definition) is 2. The zero-order valence-corrected chi connectivity index (χ0v) is 9.88.